The fourth-order valence-electron chi connectivity index (χ4n) is 3.12. The van der Waals surface area contributed by atoms with Crippen LogP contribution in [0, 0.1) is 10.1 Å². The normalized spacial score (nSPS) is 12.3. The highest BCUT2D eigenvalue weighted by Crippen LogP contribution is 2.63. The molecule has 150 valence electrons. The van der Waals surface area contributed by atoms with Gasteiger partial charge in [-0.1, -0.05) is 36.4 Å². The summed E-state index contributed by atoms with van der Waals surface area (Å²) in [5.41, 5.74) is 2.06. The Morgan fingerprint density at radius 3 is 1.66 bits per heavy atom. The second kappa shape index (κ2) is 9.01. The van der Waals surface area contributed by atoms with Crippen molar-refractivity contribution in [3.8, 4) is 0 Å². The molecule has 3 aromatic rings. The van der Waals surface area contributed by atoms with Crippen molar-refractivity contribution in [3.63, 3.8) is 0 Å². The van der Waals surface area contributed by atoms with Gasteiger partial charge in [0.2, 0.25) is 0 Å². The number of hydrogen-bond donors (Lipinski definition) is 0. The summed E-state index contributed by atoms with van der Waals surface area (Å²) in [7, 11) is -1.02. The summed E-state index contributed by atoms with van der Waals surface area (Å²) in [5.74, 6) is -0.858. The van der Waals surface area contributed by atoms with E-state index in [1.54, 1.807) is 12.1 Å². The molecule has 0 aromatic heterocycles. The third-order valence-electron chi connectivity index (χ3n) is 4.52. The maximum absolute atomic E-state index is 13.6. The van der Waals surface area contributed by atoms with E-state index in [1.165, 1.54) is 26.4 Å². The molecule has 0 fully saturated rings. The Balaban J connectivity index is 2.23. The number of nitro benzene ring substituents is 1. The Hall–Kier alpha value is -2.99. The van der Waals surface area contributed by atoms with Gasteiger partial charge in [-0.2, -0.15) is 0 Å². The van der Waals surface area contributed by atoms with E-state index < -0.39 is 18.3 Å². The molecule has 3 rings (SSSR count). The third-order valence-corrected chi connectivity index (χ3v) is 6.67. The molecule has 0 bridgehead atoms. The molecule has 29 heavy (non-hydrogen) atoms. The van der Waals surface area contributed by atoms with Gasteiger partial charge in [0, 0.05) is 37.7 Å². The van der Waals surface area contributed by atoms with Crippen molar-refractivity contribution in [1.82, 2.24) is 0 Å². The molecule has 0 N–H and O–H groups in total. The van der Waals surface area contributed by atoms with Crippen LogP contribution in [-0.4, -0.2) is 19.1 Å². The first kappa shape index (κ1) is 20.7. The summed E-state index contributed by atoms with van der Waals surface area (Å²) < 4.78 is 24.4. The van der Waals surface area contributed by atoms with E-state index in [4.69, 9.17) is 9.05 Å². The summed E-state index contributed by atoms with van der Waals surface area (Å²) in [6, 6.07) is 24.8. The Bertz CT molecular complexity index is 949. The van der Waals surface area contributed by atoms with E-state index in [1.807, 2.05) is 65.6 Å². The summed E-state index contributed by atoms with van der Waals surface area (Å²) in [6.45, 7) is 0. The van der Waals surface area contributed by atoms with Crippen molar-refractivity contribution < 1.29 is 18.5 Å². The fraction of sp³-hybridized carbons (Fsp3) is 0.143. The molecule has 0 amide bonds. The highest BCUT2D eigenvalue weighted by atomic mass is 31.2. The predicted octanol–water partition coefficient (Wildman–Crippen LogP) is 5.92. The molecule has 0 aliphatic heterocycles. The lowest BCUT2D eigenvalue weighted by Crippen LogP contribution is -2.25. The molecule has 0 heterocycles. The van der Waals surface area contributed by atoms with Crippen molar-refractivity contribution in [3.05, 3.63) is 101 Å². The largest absolute Gasteiger partial charge is 0.357 e. The number of para-hydroxylation sites is 2. The van der Waals surface area contributed by atoms with E-state index in [2.05, 4.69) is 0 Å². The molecule has 0 saturated heterocycles. The zero-order valence-electron chi connectivity index (χ0n) is 16.0. The number of hydrogen-bond acceptors (Lipinski definition) is 6. The standard InChI is InChI=1S/C21H21N2O5P/c1-27-29(26,28-2)21(17-13-15-20(16-14-17)23(24)25)22(18-9-5-3-6-10-18)19-11-7-4-8-12-19/h3-16,21H,1-2H3. The fourth-order valence-corrected chi connectivity index (χ4v) is 4.76. The molecule has 0 aliphatic rings. The molecule has 1 unspecified atom stereocenters. The lowest BCUT2D eigenvalue weighted by atomic mass is 10.1. The average Bonchev–Trinajstić information content (AvgIpc) is 2.78. The number of nitro groups is 1. The molecule has 3 aromatic carbocycles. The zero-order chi connectivity index (χ0) is 20.9. The first-order valence-electron chi connectivity index (χ1n) is 8.85. The Labute approximate surface area is 169 Å². The number of non-ortho nitro benzene ring substituents is 1. The maximum Gasteiger partial charge on any atom is 0.357 e. The molecular formula is C21H21N2O5P. The molecule has 0 radical (unpaired) electrons. The summed E-state index contributed by atoms with van der Waals surface area (Å²) in [5, 5.41) is 11.1. The first-order valence-corrected chi connectivity index (χ1v) is 10.5. The first-order chi connectivity index (χ1) is 14.0. The van der Waals surface area contributed by atoms with Gasteiger partial charge in [-0.05, 0) is 42.0 Å². The lowest BCUT2D eigenvalue weighted by molar-refractivity contribution is -0.384. The van der Waals surface area contributed by atoms with Crippen molar-refractivity contribution in [2.75, 3.05) is 19.1 Å². The van der Waals surface area contributed by atoms with Crippen molar-refractivity contribution in [2.45, 2.75) is 5.78 Å². The predicted molar refractivity (Wildman–Crippen MR) is 112 cm³/mol. The van der Waals surface area contributed by atoms with Gasteiger partial charge in [0.1, 0.15) is 0 Å². The number of anilines is 2. The summed E-state index contributed by atoms with van der Waals surface area (Å²) >= 11 is 0. The monoisotopic (exact) mass is 412 g/mol. The average molecular weight is 412 g/mol. The van der Waals surface area contributed by atoms with Crippen LogP contribution in [0.1, 0.15) is 11.3 Å². The van der Waals surface area contributed by atoms with Crippen LogP contribution in [0.2, 0.25) is 0 Å². The van der Waals surface area contributed by atoms with Crippen molar-refractivity contribution in [1.29, 1.82) is 0 Å². The highest BCUT2D eigenvalue weighted by molar-refractivity contribution is 7.54. The van der Waals surface area contributed by atoms with Gasteiger partial charge < -0.3 is 13.9 Å². The van der Waals surface area contributed by atoms with Crippen LogP contribution < -0.4 is 4.90 Å². The van der Waals surface area contributed by atoms with E-state index >= 15 is 0 Å². The van der Waals surface area contributed by atoms with E-state index in [9.17, 15) is 14.7 Å². The van der Waals surface area contributed by atoms with Gasteiger partial charge >= 0.3 is 7.60 Å². The minimum atomic E-state index is -3.68. The second-order valence-corrected chi connectivity index (χ2v) is 8.47. The van der Waals surface area contributed by atoms with E-state index in [0.717, 1.165) is 11.4 Å². The van der Waals surface area contributed by atoms with Crippen LogP contribution in [0.25, 0.3) is 0 Å². The lowest BCUT2D eigenvalue weighted by Gasteiger charge is -2.36. The quantitative estimate of drug-likeness (QED) is 0.260. The van der Waals surface area contributed by atoms with Crippen LogP contribution in [-0.2, 0) is 13.6 Å². The van der Waals surface area contributed by atoms with Gasteiger partial charge in [-0.15, -0.1) is 0 Å². The molecule has 0 spiro atoms. The minimum Gasteiger partial charge on any atom is -0.323 e. The van der Waals surface area contributed by atoms with Gasteiger partial charge in [0.15, 0.2) is 5.78 Å². The maximum atomic E-state index is 13.6. The third kappa shape index (κ3) is 4.38. The molecule has 0 aliphatic carbocycles. The van der Waals surface area contributed by atoms with Gasteiger partial charge in [0.25, 0.3) is 5.69 Å². The highest BCUT2D eigenvalue weighted by Gasteiger charge is 2.41. The number of nitrogens with zero attached hydrogens (tertiary/aromatic N) is 2. The molecule has 0 saturated carbocycles. The SMILES string of the molecule is COP(=O)(OC)C(c1ccc([N+](=O)[O-])cc1)N(c1ccccc1)c1ccccc1. The van der Waals surface area contributed by atoms with Crippen LogP contribution in [0.5, 0.6) is 0 Å². The van der Waals surface area contributed by atoms with Crippen LogP contribution in [0.3, 0.4) is 0 Å². The Morgan fingerprint density at radius 1 is 0.828 bits per heavy atom. The zero-order valence-corrected chi connectivity index (χ0v) is 16.9. The Morgan fingerprint density at radius 2 is 1.28 bits per heavy atom. The van der Waals surface area contributed by atoms with Crippen LogP contribution in [0.4, 0.5) is 17.1 Å². The number of benzene rings is 3. The molecule has 8 heteroatoms. The van der Waals surface area contributed by atoms with Crippen molar-refractivity contribution >= 4 is 24.7 Å². The molecule has 1 atom stereocenters. The van der Waals surface area contributed by atoms with Crippen LogP contribution >= 0.6 is 7.60 Å². The summed E-state index contributed by atoms with van der Waals surface area (Å²) in [6.07, 6.45) is 0. The topological polar surface area (TPSA) is 81.9 Å². The van der Waals surface area contributed by atoms with Crippen LogP contribution in [0.15, 0.2) is 84.9 Å². The van der Waals surface area contributed by atoms with E-state index in [0.29, 0.717) is 5.56 Å². The number of rotatable bonds is 8. The smallest absolute Gasteiger partial charge is 0.323 e. The van der Waals surface area contributed by atoms with Gasteiger partial charge in [0.05, 0.1) is 4.92 Å². The molecule has 7 nitrogen and oxygen atoms in total. The molecular weight excluding hydrogens is 391 g/mol. The Kier molecular flexibility index (Phi) is 6.44. The minimum absolute atomic E-state index is 0.0526. The second-order valence-electron chi connectivity index (χ2n) is 6.17. The van der Waals surface area contributed by atoms with Crippen molar-refractivity contribution in [2.24, 2.45) is 0 Å². The summed E-state index contributed by atoms with van der Waals surface area (Å²) in [4.78, 5) is 12.4. The van der Waals surface area contributed by atoms with E-state index in [-0.39, 0.29) is 5.69 Å². The van der Waals surface area contributed by atoms with Gasteiger partial charge in [-0.3, -0.25) is 14.7 Å². The van der Waals surface area contributed by atoms with Gasteiger partial charge in [-0.25, -0.2) is 0 Å².